The lowest BCUT2D eigenvalue weighted by atomic mass is 10.1. The first-order chi connectivity index (χ1) is 13.9. The van der Waals surface area contributed by atoms with Crippen LogP contribution in [0.5, 0.6) is 17.2 Å². The molecule has 3 N–H and O–H groups in total. The summed E-state index contributed by atoms with van der Waals surface area (Å²) in [7, 11) is 0. The summed E-state index contributed by atoms with van der Waals surface area (Å²) >= 11 is 0. The van der Waals surface area contributed by atoms with Crippen molar-refractivity contribution in [3.63, 3.8) is 0 Å². The summed E-state index contributed by atoms with van der Waals surface area (Å²) in [5.74, 6) is -1.23. The number of carbonyl (C=O) groups is 2. The molecule has 0 heterocycles. The highest BCUT2D eigenvalue weighted by molar-refractivity contribution is 5.87. The molecule has 3 aromatic rings. The second-order valence-corrected chi connectivity index (χ2v) is 6.24. The van der Waals surface area contributed by atoms with Crippen LogP contribution in [0.25, 0.3) is 0 Å². The Bertz CT molecular complexity index is 929. The molecule has 0 atom stereocenters. The van der Waals surface area contributed by atoms with E-state index in [1.165, 1.54) is 36.4 Å². The van der Waals surface area contributed by atoms with Gasteiger partial charge in [-0.05, 0) is 35.4 Å². The van der Waals surface area contributed by atoms with E-state index in [9.17, 15) is 14.7 Å². The highest BCUT2D eigenvalue weighted by atomic mass is 16.5. The molecule has 0 aliphatic carbocycles. The molecule has 0 spiro atoms. The number of aromatic hydroxyl groups is 1. The van der Waals surface area contributed by atoms with Crippen LogP contribution < -0.4 is 9.47 Å². The molecule has 3 aromatic carbocycles. The van der Waals surface area contributed by atoms with Crippen molar-refractivity contribution in [2.45, 2.75) is 13.2 Å². The third kappa shape index (κ3) is 5.49. The summed E-state index contributed by atoms with van der Waals surface area (Å²) in [6, 6.07) is 17.1. The maximum Gasteiger partial charge on any atom is 0.335 e. The molecule has 7 heteroatoms. The maximum atomic E-state index is 10.9. The molecule has 0 saturated carbocycles. The van der Waals surface area contributed by atoms with Gasteiger partial charge in [-0.2, -0.15) is 0 Å². The summed E-state index contributed by atoms with van der Waals surface area (Å²) in [5.41, 5.74) is 1.94. The minimum atomic E-state index is -0.996. The van der Waals surface area contributed by atoms with E-state index < -0.39 is 11.9 Å². The molecular formula is C22H18O7. The van der Waals surface area contributed by atoms with Crippen LogP contribution >= 0.6 is 0 Å². The summed E-state index contributed by atoms with van der Waals surface area (Å²) in [6.45, 7) is 0.388. The number of rotatable bonds is 8. The van der Waals surface area contributed by atoms with Crippen LogP contribution in [0, 0.1) is 0 Å². The number of carboxylic acids is 2. The monoisotopic (exact) mass is 394 g/mol. The van der Waals surface area contributed by atoms with E-state index in [0.717, 1.165) is 11.1 Å². The second-order valence-electron chi connectivity index (χ2n) is 6.24. The number of carboxylic acid groups (broad SMARTS) is 2. The van der Waals surface area contributed by atoms with Gasteiger partial charge in [0.2, 0.25) is 0 Å². The lowest BCUT2D eigenvalue weighted by molar-refractivity contribution is 0.0686. The van der Waals surface area contributed by atoms with Crippen molar-refractivity contribution in [1.82, 2.24) is 0 Å². The fourth-order valence-corrected chi connectivity index (χ4v) is 2.54. The van der Waals surface area contributed by atoms with Gasteiger partial charge >= 0.3 is 11.9 Å². The smallest absolute Gasteiger partial charge is 0.335 e. The lowest BCUT2D eigenvalue weighted by Crippen LogP contribution is -2.00. The van der Waals surface area contributed by atoms with Gasteiger partial charge in [0.1, 0.15) is 30.5 Å². The molecule has 3 rings (SSSR count). The van der Waals surface area contributed by atoms with Crippen LogP contribution in [0.3, 0.4) is 0 Å². The van der Waals surface area contributed by atoms with Crippen LogP contribution in [-0.2, 0) is 13.2 Å². The summed E-state index contributed by atoms with van der Waals surface area (Å²) in [6.07, 6.45) is 0. The Morgan fingerprint density at radius 1 is 0.655 bits per heavy atom. The van der Waals surface area contributed by atoms with Gasteiger partial charge in [0.05, 0.1) is 11.1 Å². The number of benzene rings is 3. The minimum absolute atomic E-state index is 0.0278. The molecule has 0 saturated heterocycles. The number of hydrogen-bond donors (Lipinski definition) is 3. The first kappa shape index (κ1) is 19.8. The van der Waals surface area contributed by atoms with Crippen LogP contribution in [0.1, 0.15) is 31.8 Å². The van der Waals surface area contributed by atoms with Crippen molar-refractivity contribution in [3.05, 3.63) is 89.0 Å². The van der Waals surface area contributed by atoms with E-state index in [0.29, 0.717) is 11.5 Å². The third-order valence-corrected chi connectivity index (χ3v) is 4.08. The Morgan fingerprint density at radius 2 is 1.03 bits per heavy atom. The zero-order valence-electron chi connectivity index (χ0n) is 15.2. The summed E-state index contributed by atoms with van der Waals surface area (Å²) in [4.78, 5) is 21.8. The molecule has 0 bridgehead atoms. The van der Waals surface area contributed by atoms with E-state index in [1.54, 1.807) is 30.3 Å². The van der Waals surface area contributed by atoms with E-state index in [-0.39, 0.29) is 30.1 Å². The topological polar surface area (TPSA) is 113 Å². The van der Waals surface area contributed by atoms with Crippen molar-refractivity contribution < 1.29 is 34.4 Å². The van der Waals surface area contributed by atoms with Crippen molar-refractivity contribution in [3.8, 4) is 17.2 Å². The standard InChI is InChI=1S/C22H18O7/c23-18-9-19(28-12-14-1-5-16(6-2-14)21(24)25)11-20(10-18)29-13-15-3-7-17(8-4-15)22(26)27/h1-11,23H,12-13H2,(H,24,25)(H,26,27). The van der Waals surface area contributed by atoms with Gasteiger partial charge in [-0.1, -0.05) is 24.3 Å². The van der Waals surface area contributed by atoms with Crippen molar-refractivity contribution in [1.29, 1.82) is 0 Å². The molecule has 0 fully saturated rings. The Hall–Kier alpha value is -4.00. The van der Waals surface area contributed by atoms with Crippen LogP contribution in [0.4, 0.5) is 0 Å². The maximum absolute atomic E-state index is 10.9. The van der Waals surface area contributed by atoms with Gasteiger partial charge in [-0.25, -0.2) is 9.59 Å². The quantitative estimate of drug-likeness (QED) is 0.530. The Balaban J connectivity index is 1.61. The molecular weight excluding hydrogens is 376 g/mol. The number of ether oxygens (including phenoxy) is 2. The molecule has 0 unspecified atom stereocenters. The predicted molar refractivity (Wildman–Crippen MR) is 104 cm³/mol. The van der Waals surface area contributed by atoms with Gasteiger partial charge in [0, 0.05) is 18.2 Å². The van der Waals surface area contributed by atoms with E-state index >= 15 is 0 Å². The highest BCUT2D eigenvalue weighted by Crippen LogP contribution is 2.28. The highest BCUT2D eigenvalue weighted by Gasteiger charge is 2.06. The first-order valence-electron chi connectivity index (χ1n) is 8.65. The number of hydrogen-bond acceptors (Lipinski definition) is 5. The Labute approximate surface area is 166 Å². The van der Waals surface area contributed by atoms with E-state index in [1.807, 2.05) is 0 Å². The fourth-order valence-electron chi connectivity index (χ4n) is 2.54. The van der Waals surface area contributed by atoms with Crippen molar-refractivity contribution >= 4 is 11.9 Å². The minimum Gasteiger partial charge on any atom is -0.508 e. The fraction of sp³-hybridized carbons (Fsp3) is 0.0909. The Kier molecular flexibility index (Phi) is 5.99. The largest absolute Gasteiger partial charge is 0.508 e. The molecule has 0 aliphatic rings. The number of aromatic carboxylic acids is 2. The van der Waals surface area contributed by atoms with Gasteiger partial charge < -0.3 is 24.8 Å². The molecule has 148 valence electrons. The molecule has 0 aliphatic heterocycles. The van der Waals surface area contributed by atoms with Gasteiger partial charge in [-0.3, -0.25) is 0 Å². The molecule has 0 amide bonds. The lowest BCUT2D eigenvalue weighted by Gasteiger charge is -2.11. The molecule has 0 radical (unpaired) electrons. The van der Waals surface area contributed by atoms with Crippen molar-refractivity contribution in [2.24, 2.45) is 0 Å². The van der Waals surface area contributed by atoms with Gasteiger partial charge in [0.15, 0.2) is 0 Å². The number of phenols is 1. The zero-order valence-corrected chi connectivity index (χ0v) is 15.2. The van der Waals surface area contributed by atoms with Gasteiger partial charge in [-0.15, -0.1) is 0 Å². The SMILES string of the molecule is O=C(O)c1ccc(COc2cc(O)cc(OCc3ccc(C(=O)O)cc3)c2)cc1. The van der Waals surface area contributed by atoms with Gasteiger partial charge in [0.25, 0.3) is 0 Å². The molecule has 29 heavy (non-hydrogen) atoms. The second kappa shape index (κ2) is 8.79. The van der Waals surface area contributed by atoms with Crippen molar-refractivity contribution in [2.75, 3.05) is 0 Å². The molecule has 7 nitrogen and oxygen atoms in total. The summed E-state index contributed by atoms with van der Waals surface area (Å²) in [5, 5.41) is 27.7. The normalized spacial score (nSPS) is 10.3. The summed E-state index contributed by atoms with van der Waals surface area (Å²) < 4.78 is 11.3. The predicted octanol–water partition coefficient (Wildman–Crippen LogP) is 3.95. The number of phenolic OH excluding ortho intramolecular Hbond substituents is 1. The van der Waals surface area contributed by atoms with E-state index in [4.69, 9.17) is 19.7 Å². The average molecular weight is 394 g/mol. The van der Waals surface area contributed by atoms with Crippen LogP contribution in [0.2, 0.25) is 0 Å². The third-order valence-electron chi connectivity index (χ3n) is 4.08. The van der Waals surface area contributed by atoms with Crippen LogP contribution in [-0.4, -0.2) is 27.3 Å². The van der Waals surface area contributed by atoms with Crippen LogP contribution in [0.15, 0.2) is 66.7 Å². The molecule has 0 aromatic heterocycles. The zero-order chi connectivity index (χ0) is 20.8. The first-order valence-corrected chi connectivity index (χ1v) is 8.65. The average Bonchev–Trinajstić information content (AvgIpc) is 2.71. The Morgan fingerprint density at radius 3 is 1.38 bits per heavy atom. The van der Waals surface area contributed by atoms with E-state index in [2.05, 4.69) is 0 Å².